The van der Waals surface area contributed by atoms with Crippen LogP contribution in [0.2, 0.25) is 0 Å². The van der Waals surface area contributed by atoms with E-state index in [0.717, 1.165) is 21.9 Å². The van der Waals surface area contributed by atoms with E-state index >= 15 is 0 Å². The number of aliphatic hydroxyl groups is 1. The minimum Gasteiger partial charge on any atom is -0.387 e. The van der Waals surface area contributed by atoms with Crippen molar-refractivity contribution in [3.63, 3.8) is 0 Å². The number of nitrogens with two attached hydrogens (primary N) is 1. The highest BCUT2D eigenvalue weighted by Crippen LogP contribution is 2.42. The van der Waals surface area contributed by atoms with Crippen molar-refractivity contribution in [2.75, 3.05) is 5.73 Å². The summed E-state index contributed by atoms with van der Waals surface area (Å²) in [6, 6.07) is 7.52. The van der Waals surface area contributed by atoms with Gasteiger partial charge in [0.25, 0.3) is 0 Å². The molecule has 7 heteroatoms. The maximum absolute atomic E-state index is 10.3. The van der Waals surface area contributed by atoms with Gasteiger partial charge in [0.05, 0.1) is 17.7 Å². The summed E-state index contributed by atoms with van der Waals surface area (Å²) >= 11 is 2.80. The number of nitrogen functional groups attached to an aromatic ring is 1. The molecule has 5 nitrogen and oxygen atoms in total. The van der Waals surface area contributed by atoms with E-state index in [1.807, 2.05) is 12.1 Å². The van der Waals surface area contributed by atoms with Crippen LogP contribution in [0.3, 0.4) is 0 Å². The summed E-state index contributed by atoms with van der Waals surface area (Å²) in [7, 11) is 0. The number of aliphatic hydroxyl groups excluding tert-OH is 1. The van der Waals surface area contributed by atoms with Crippen molar-refractivity contribution in [2.45, 2.75) is 22.1 Å². The summed E-state index contributed by atoms with van der Waals surface area (Å²) in [4.78, 5) is 0. The van der Waals surface area contributed by atoms with Gasteiger partial charge < -0.3 is 10.8 Å². The highest BCUT2D eigenvalue weighted by atomic mass is 32.2. The molecule has 96 valence electrons. The van der Waals surface area contributed by atoms with Crippen LogP contribution in [0.4, 0.5) is 5.13 Å². The van der Waals surface area contributed by atoms with Crippen molar-refractivity contribution in [1.29, 1.82) is 5.26 Å². The molecular formula is C12H10N4OS2. The summed E-state index contributed by atoms with van der Waals surface area (Å²) in [5.74, 6) is 0. The van der Waals surface area contributed by atoms with Gasteiger partial charge in [0.2, 0.25) is 5.13 Å². The van der Waals surface area contributed by atoms with Crippen molar-refractivity contribution in [3.05, 3.63) is 34.9 Å². The summed E-state index contributed by atoms with van der Waals surface area (Å²) in [5.41, 5.74) is 8.09. The molecule has 19 heavy (non-hydrogen) atoms. The number of thioether (sulfide) groups is 1. The Morgan fingerprint density at radius 3 is 3.00 bits per heavy atom. The van der Waals surface area contributed by atoms with E-state index in [1.54, 1.807) is 6.07 Å². The first kappa shape index (κ1) is 12.4. The van der Waals surface area contributed by atoms with Gasteiger partial charge in [-0.2, -0.15) is 5.26 Å². The Morgan fingerprint density at radius 1 is 1.47 bits per heavy atom. The predicted molar refractivity (Wildman–Crippen MR) is 73.8 cm³/mol. The van der Waals surface area contributed by atoms with Gasteiger partial charge in [0.1, 0.15) is 0 Å². The van der Waals surface area contributed by atoms with Crippen molar-refractivity contribution < 1.29 is 5.11 Å². The number of fused-ring (bicyclic) bond motifs is 1. The number of anilines is 1. The van der Waals surface area contributed by atoms with Gasteiger partial charge in [0.15, 0.2) is 4.34 Å². The lowest BCUT2D eigenvalue weighted by atomic mass is 10.1. The molecule has 3 rings (SSSR count). The van der Waals surface area contributed by atoms with Crippen LogP contribution in [0.25, 0.3) is 0 Å². The molecule has 2 atom stereocenters. The number of hydrogen-bond acceptors (Lipinski definition) is 7. The van der Waals surface area contributed by atoms with E-state index < -0.39 is 6.10 Å². The molecule has 2 aromatic rings. The monoisotopic (exact) mass is 290 g/mol. The first-order chi connectivity index (χ1) is 9.17. The molecule has 0 saturated carbocycles. The van der Waals surface area contributed by atoms with Crippen molar-refractivity contribution in [3.8, 4) is 6.07 Å². The molecule has 0 amide bonds. The fourth-order valence-electron chi connectivity index (χ4n) is 2.17. The van der Waals surface area contributed by atoms with E-state index in [1.165, 1.54) is 23.1 Å². The maximum atomic E-state index is 10.3. The van der Waals surface area contributed by atoms with Gasteiger partial charge in [-0.1, -0.05) is 29.2 Å². The molecule has 1 aromatic heterocycles. The molecule has 0 fully saturated rings. The molecule has 1 aliphatic carbocycles. The van der Waals surface area contributed by atoms with Gasteiger partial charge in [-0.25, -0.2) is 0 Å². The molecule has 0 radical (unpaired) electrons. The van der Waals surface area contributed by atoms with Crippen LogP contribution in [0.15, 0.2) is 22.5 Å². The number of nitrogens with zero attached hydrogens (tertiary/aromatic N) is 3. The average Bonchev–Trinajstić information content (AvgIpc) is 2.95. The molecule has 0 spiro atoms. The lowest BCUT2D eigenvalue weighted by Crippen LogP contribution is -2.08. The molecule has 1 heterocycles. The highest BCUT2D eigenvalue weighted by Gasteiger charge is 2.32. The Kier molecular flexibility index (Phi) is 3.14. The predicted octanol–water partition coefficient (Wildman–Crippen LogP) is 1.74. The summed E-state index contributed by atoms with van der Waals surface area (Å²) in [5, 5.41) is 27.3. The third-order valence-corrected chi connectivity index (χ3v) is 5.13. The van der Waals surface area contributed by atoms with Crippen LogP contribution in [0.5, 0.6) is 0 Å². The standard InChI is InChI=1S/C12H10N4OS2/c13-5-6-1-2-8-7(3-6)4-9(10(8)17)18-12-16-15-11(14)19-12/h1-3,9-10,17H,4H2,(H2,14,15)/t9-,10+/m0/s1. The third kappa shape index (κ3) is 2.30. The van der Waals surface area contributed by atoms with Crippen molar-refractivity contribution in [1.82, 2.24) is 10.2 Å². The van der Waals surface area contributed by atoms with E-state index in [2.05, 4.69) is 16.3 Å². The Morgan fingerprint density at radius 2 is 2.32 bits per heavy atom. The Hall–Kier alpha value is -1.62. The minimum atomic E-state index is -0.544. The van der Waals surface area contributed by atoms with E-state index in [4.69, 9.17) is 11.0 Å². The smallest absolute Gasteiger partial charge is 0.203 e. The number of rotatable bonds is 2. The second-order valence-electron chi connectivity index (χ2n) is 4.24. The van der Waals surface area contributed by atoms with Crippen LogP contribution >= 0.6 is 23.1 Å². The second-order valence-corrected chi connectivity index (χ2v) is 6.73. The van der Waals surface area contributed by atoms with E-state index in [0.29, 0.717) is 10.7 Å². The maximum Gasteiger partial charge on any atom is 0.203 e. The third-order valence-electron chi connectivity index (χ3n) is 3.04. The van der Waals surface area contributed by atoms with E-state index in [-0.39, 0.29) is 5.25 Å². The number of hydrogen-bond donors (Lipinski definition) is 2. The zero-order chi connectivity index (χ0) is 13.4. The zero-order valence-electron chi connectivity index (χ0n) is 9.78. The van der Waals surface area contributed by atoms with Gasteiger partial charge in [-0.05, 0) is 29.7 Å². The van der Waals surface area contributed by atoms with Crippen LogP contribution in [0, 0.1) is 11.3 Å². The Balaban J connectivity index is 1.82. The van der Waals surface area contributed by atoms with E-state index in [9.17, 15) is 5.11 Å². The van der Waals surface area contributed by atoms with Crippen molar-refractivity contribution in [2.24, 2.45) is 0 Å². The first-order valence-electron chi connectivity index (χ1n) is 5.64. The normalized spacial score (nSPS) is 21.1. The minimum absolute atomic E-state index is 0.00343. The summed E-state index contributed by atoms with van der Waals surface area (Å²) in [6.45, 7) is 0. The molecule has 0 aliphatic heterocycles. The highest BCUT2D eigenvalue weighted by molar-refractivity contribution is 8.01. The average molecular weight is 290 g/mol. The fraction of sp³-hybridized carbons (Fsp3) is 0.250. The van der Waals surface area contributed by atoms with Gasteiger partial charge in [-0.3, -0.25) is 0 Å². The number of nitriles is 1. The molecule has 3 N–H and O–H groups in total. The number of aromatic nitrogens is 2. The lowest BCUT2D eigenvalue weighted by molar-refractivity contribution is 0.185. The van der Waals surface area contributed by atoms with Crippen LogP contribution < -0.4 is 5.73 Å². The lowest BCUT2D eigenvalue weighted by Gasteiger charge is -2.12. The summed E-state index contributed by atoms with van der Waals surface area (Å²) in [6.07, 6.45) is 0.175. The molecule has 1 aromatic carbocycles. The molecular weight excluding hydrogens is 280 g/mol. The molecule has 1 aliphatic rings. The van der Waals surface area contributed by atoms with Gasteiger partial charge in [-0.15, -0.1) is 10.2 Å². The second kappa shape index (κ2) is 4.81. The Labute approximate surface area is 118 Å². The first-order valence-corrected chi connectivity index (χ1v) is 7.33. The quantitative estimate of drug-likeness (QED) is 0.874. The molecule has 0 saturated heterocycles. The van der Waals surface area contributed by atoms with Crippen LogP contribution in [-0.2, 0) is 6.42 Å². The fourth-order valence-corrected chi connectivity index (χ4v) is 4.22. The Bertz CT molecular complexity index is 664. The summed E-state index contributed by atoms with van der Waals surface area (Å²) < 4.78 is 0.759. The SMILES string of the molecule is N#Cc1ccc2c(c1)C[C@H](Sc1nnc(N)s1)[C@@H]2O. The van der Waals surface area contributed by atoms with Gasteiger partial charge in [0, 0.05) is 5.25 Å². The largest absolute Gasteiger partial charge is 0.387 e. The van der Waals surface area contributed by atoms with Crippen LogP contribution in [0.1, 0.15) is 22.8 Å². The molecule has 0 bridgehead atoms. The van der Waals surface area contributed by atoms with Gasteiger partial charge >= 0.3 is 0 Å². The van der Waals surface area contributed by atoms with Crippen LogP contribution in [-0.4, -0.2) is 20.6 Å². The van der Waals surface area contributed by atoms with Crippen molar-refractivity contribution >= 4 is 28.2 Å². The molecule has 0 unspecified atom stereocenters. The zero-order valence-corrected chi connectivity index (χ0v) is 11.4. The topological polar surface area (TPSA) is 95.8 Å². The number of benzene rings is 1.